The molecular formula is C8H18N4. The molecule has 0 aliphatic carbocycles. The molecule has 0 spiro atoms. The van der Waals surface area contributed by atoms with Crippen molar-refractivity contribution in [1.82, 2.24) is 10.6 Å². The van der Waals surface area contributed by atoms with Crippen molar-refractivity contribution in [3.05, 3.63) is 12.7 Å². The van der Waals surface area contributed by atoms with E-state index < -0.39 is 0 Å². The number of rotatable bonds is 5. The largest absolute Gasteiger partial charge is 0.370 e. The summed E-state index contributed by atoms with van der Waals surface area (Å²) in [5, 5.41) is 5.91. The number of hydrogen-bond acceptors (Lipinski definition) is 2. The van der Waals surface area contributed by atoms with Crippen molar-refractivity contribution in [3.8, 4) is 0 Å². The highest BCUT2D eigenvalue weighted by Gasteiger charge is 1.98. The Morgan fingerprint density at radius 3 is 2.92 bits per heavy atom. The third kappa shape index (κ3) is 5.73. The standard InChI is InChI=1S/C8H18N4/c1-4-5-7(2)12-8(9)11-6-10-3/h4,7,10H,1,5-6H2,2-3H3,(H3,9,11,12). The zero-order chi connectivity index (χ0) is 9.40. The van der Waals surface area contributed by atoms with Gasteiger partial charge in [-0.2, -0.15) is 0 Å². The van der Waals surface area contributed by atoms with Crippen molar-refractivity contribution in [2.75, 3.05) is 13.7 Å². The summed E-state index contributed by atoms with van der Waals surface area (Å²) in [6.45, 7) is 6.21. The van der Waals surface area contributed by atoms with E-state index in [0.717, 1.165) is 6.42 Å². The van der Waals surface area contributed by atoms with Gasteiger partial charge in [0.1, 0.15) is 0 Å². The molecule has 1 atom stereocenters. The first-order valence-corrected chi connectivity index (χ1v) is 4.02. The summed E-state index contributed by atoms with van der Waals surface area (Å²) in [5.41, 5.74) is 5.56. The molecule has 12 heavy (non-hydrogen) atoms. The lowest BCUT2D eigenvalue weighted by molar-refractivity contribution is 0.666. The summed E-state index contributed by atoms with van der Waals surface area (Å²) >= 11 is 0. The molecule has 0 heterocycles. The maximum Gasteiger partial charge on any atom is 0.190 e. The minimum Gasteiger partial charge on any atom is -0.370 e. The minimum absolute atomic E-state index is 0.295. The van der Waals surface area contributed by atoms with Crippen molar-refractivity contribution in [1.29, 1.82) is 0 Å². The van der Waals surface area contributed by atoms with Crippen molar-refractivity contribution in [2.24, 2.45) is 10.7 Å². The van der Waals surface area contributed by atoms with Gasteiger partial charge < -0.3 is 16.4 Å². The Balaban J connectivity index is 3.66. The van der Waals surface area contributed by atoms with Gasteiger partial charge in [-0.15, -0.1) is 6.58 Å². The fraction of sp³-hybridized carbons (Fsp3) is 0.625. The number of nitrogens with zero attached hydrogens (tertiary/aromatic N) is 1. The number of nitrogens with one attached hydrogen (secondary N) is 2. The molecule has 0 aromatic carbocycles. The smallest absolute Gasteiger partial charge is 0.190 e. The number of aliphatic imine (C=N–C) groups is 1. The van der Waals surface area contributed by atoms with Crippen LogP contribution < -0.4 is 16.4 Å². The highest BCUT2D eigenvalue weighted by Crippen LogP contribution is 1.88. The van der Waals surface area contributed by atoms with E-state index in [4.69, 9.17) is 5.73 Å². The van der Waals surface area contributed by atoms with Gasteiger partial charge in [0.15, 0.2) is 5.96 Å². The molecule has 0 aromatic rings. The quantitative estimate of drug-likeness (QED) is 0.310. The molecule has 0 aliphatic heterocycles. The Morgan fingerprint density at radius 2 is 2.42 bits per heavy atom. The molecule has 70 valence electrons. The van der Waals surface area contributed by atoms with Crippen LogP contribution in [0.1, 0.15) is 13.3 Å². The van der Waals surface area contributed by atoms with Crippen molar-refractivity contribution in [3.63, 3.8) is 0 Å². The minimum atomic E-state index is 0.295. The third-order valence-electron chi connectivity index (χ3n) is 1.32. The van der Waals surface area contributed by atoms with Gasteiger partial charge in [0.05, 0.1) is 6.67 Å². The van der Waals surface area contributed by atoms with Crippen LogP contribution in [0.2, 0.25) is 0 Å². The molecule has 0 amide bonds. The molecule has 0 aromatic heterocycles. The highest BCUT2D eigenvalue weighted by molar-refractivity contribution is 5.78. The zero-order valence-electron chi connectivity index (χ0n) is 7.80. The van der Waals surface area contributed by atoms with Crippen LogP contribution in [0.4, 0.5) is 0 Å². The average molecular weight is 170 g/mol. The van der Waals surface area contributed by atoms with Crippen molar-refractivity contribution < 1.29 is 0 Å². The van der Waals surface area contributed by atoms with E-state index in [1.165, 1.54) is 0 Å². The maximum absolute atomic E-state index is 5.56. The Bertz CT molecular complexity index is 153. The molecule has 0 aliphatic rings. The first-order chi connectivity index (χ1) is 5.70. The molecule has 1 unspecified atom stereocenters. The van der Waals surface area contributed by atoms with E-state index in [1.54, 1.807) is 0 Å². The van der Waals surface area contributed by atoms with E-state index in [9.17, 15) is 0 Å². The second kappa shape index (κ2) is 6.67. The number of hydrogen-bond donors (Lipinski definition) is 3. The molecule has 0 radical (unpaired) electrons. The lowest BCUT2D eigenvalue weighted by Gasteiger charge is -2.11. The molecule has 0 saturated carbocycles. The lowest BCUT2D eigenvalue weighted by Crippen LogP contribution is -2.38. The van der Waals surface area contributed by atoms with E-state index in [2.05, 4.69) is 22.2 Å². The molecule has 0 fully saturated rings. The van der Waals surface area contributed by atoms with Gasteiger partial charge in [-0.25, -0.2) is 4.99 Å². The third-order valence-corrected chi connectivity index (χ3v) is 1.32. The summed E-state index contributed by atoms with van der Waals surface area (Å²) in [5.74, 6) is 0.471. The monoisotopic (exact) mass is 170 g/mol. The molecule has 4 heteroatoms. The molecule has 4 nitrogen and oxygen atoms in total. The van der Waals surface area contributed by atoms with E-state index in [-0.39, 0.29) is 0 Å². The molecule has 0 bridgehead atoms. The summed E-state index contributed by atoms with van der Waals surface area (Å²) < 4.78 is 0. The first-order valence-electron chi connectivity index (χ1n) is 4.02. The Labute approximate surface area is 73.9 Å². The predicted octanol–water partition coefficient (Wildman–Crippen LogP) is 0.0322. The van der Waals surface area contributed by atoms with Crippen LogP contribution in [0.3, 0.4) is 0 Å². The van der Waals surface area contributed by atoms with E-state index in [0.29, 0.717) is 18.7 Å². The molecule has 0 saturated heterocycles. The average Bonchev–Trinajstić information content (AvgIpc) is 2.01. The number of nitrogens with two attached hydrogens (primary N) is 1. The maximum atomic E-state index is 5.56. The van der Waals surface area contributed by atoms with Crippen LogP contribution >= 0.6 is 0 Å². The van der Waals surface area contributed by atoms with Gasteiger partial charge >= 0.3 is 0 Å². The lowest BCUT2D eigenvalue weighted by atomic mass is 10.2. The molecular weight excluding hydrogens is 152 g/mol. The second-order valence-corrected chi connectivity index (χ2v) is 2.62. The zero-order valence-corrected chi connectivity index (χ0v) is 7.80. The Hall–Kier alpha value is -1.03. The van der Waals surface area contributed by atoms with Crippen LogP contribution in [0.25, 0.3) is 0 Å². The summed E-state index contributed by atoms with van der Waals surface area (Å²) in [4.78, 5) is 4.00. The summed E-state index contributed by atoms with van der Waals surface area (Å²) in [6.07, 6.45) is 2.73. The van der Waals surface area contributed by atoms with Gasteiger partial charge in [0.2, 0.25) is 0 Å². The van der Waals surface area contributed by atoms with E-state index >= 15 is 0 Å². The van der Waals surface area contributed by atoms with Crippen LogP contribution in [0.5, 0.6) is 0 Å². The second-order valence-electron chi connectivity index (χ2n) is 2.62. The summed E-state index contributed by atoms with van der Waals surface area (Å²) in [7, 11) is 1.82. The van der Waals surface area contributed by atoms with Crippen LogP contribution in [-0.2, 0) is 0 Å². The van der Waals surface area contributed by atoms with Crippen molar-refractivity contribution >= 4 is 5.96 Å². The summed E-state index contributed by atoms with van der Waals surface area (Å²) in [6, 6.07) is 0.295. The SMILES string of the molecule is C=CCC(C)NC(N)=NCNC. The predicted molar refractivity (Wildman–Crippen MR) is 53.0 cm³/mol. The van der Waals surface area contributed by atoms with Crippen LogP contribution in [-0.4, -0.2) is 25.7 Å². The van der Waals surface area contributed by atoms with Gasteiger partial charge in [-0.1, -0.05) is 6.08 Å². The van der Waals surface area contributed by atoms with Crippen LogP contribution in [0.15, 0.2) is 17.6 Å². The molecule has 4 N–H and O–H groups in total. The Kier molecular flexibility index (Phi) is 6.09. The fourth-order valence-electron chi connectivity index (χ4n) is 0.771. The van der Waals surface area contributed by atoms with Gasteiger partial charge in [-0.3, -0.25) is 0 Å². The van der Waals surface area contributed by atoms with Gasteiger partial charge in [-0.05, 0) is 20.4 Å². The molecule has 0 rings (SSSR count). The fourth-order valence-corrected chi connectivity index (χ4v) is 0.771. The normalized spacial score (nSPS) is 14.0. The Morgan fingerprint density at radius 1 is 1.75 bits per heavy atom. The highest BCUT2D eigenvalue weighted by atomic mass is 15.1. The first kappa shape index (κ1) is 11.0. The number of guanidine groups is 1. The van der Waals surface area contributed by atoms with E-state index in [1.807, 2.05) is 20.0 Å². The van der Waals surface area contributed by atoms with Crippen molar-refractivity contribution in [2.45, 2.75) is 19.4 Å². The van der Waals surface area contributed by atoms with Gasteiger partial charge in [0, 0.05) is 6.04 Å². The topological polar surface area (TPSA) is 62.4 Å². The van der Waals surface area contributed by atoms with Gasteiger partial charge in [0.25, 0.3) is 0 Å². The van der Waals surface area contributed by atoms with Crippen LogP contribution in [0, 0.1) is 0 Å².